The van der Waals surface area contributed by atoms with Crippen LogP contribution in [0.3, 0.4) is 0 Å². The molecule has 0 aromatic carbocycles. The molecule has 0 spiro atoms. The molecule has 2 unspecified atom stereocenters. The fourth-order valence-electron chi connectivity index (χ4n) is 1.17. The van der Waals surface area contributed by atoms with Crippen LogP contribution in [-0.4, -0.2) is 33.0 Å². The maximum absolute atomic E-state index is 5.93. The van der Waals surface area contributed by atoms with Gasteiger partial charge in [-0.15, -0.1) is 12.4 Å². The van der Waals surface area contributed by atoms with Crippen LogP contribution in [-0.2, 0) is 3.07 Å². The summed E-state index contributed by atoms with van der Waals surface area (Å²) in [5, 5.41) is 0. The standard InChI is InChI=1S/C6H14N.C4H8IOS.ClH.Sn/c1-3-4-5-6(2)7;1-2-3-4(6)7-5;;/h6H,1,3-5,7H2,2H3;4H,2-3H2,1H3;1H;/q;-1;;+1. The molecule has 0 bridgehead atoms. The molecule has 0 rings (SSSR count). The van der Waals surface area contributed by atoms with E-state index in [-0.39, 0.29) is 12.4 Å². The molecule has 0 saturated heterocycles. The third-order valence-corrected chi connectivity index (χ3v) is 7.63. The number of unbranched alkanes of at least 4 members (excludes halogenated alkanes) is 1. The molecule has 16 heavy (non-hydrogen) atoms. The topological polar surface area (TPSA) is 35.2 Å². The van der Waals surface area contributed by atoms with Crippen LogP contribution in [0.4, 0.5) is 0 Å². The van der Waals surface area contributed by atoms with E-state index in [1.807, 2.05) is 8.93 Å². The SMILES string of the molecule is CCCC([O][Sn][CH2]CCCC(C)N)SI.Cl. The van der Waals surface area contributed by atoms with Crippen LogP contribution in [0, 0.1) is 0 Å². The van der Waals surface area contributed by atoms with Crippen molar-refractivity contribution in [2.24, 2.45) is 5.73 Å². The van der Waals surface area contributed by atoms with Gasteiger partial charge in [-0.2, -0.15) is 0 Å². The molecule has 0 aliphatic carbocycles. The van der Waals surface area contributed by atoms with E-state index in [4.69, 9.17) is 8.81 Å². The fourth-order valence-corrected chi connectivity index (χ4v) is 7.48. The Morgan fingerprint density at radius 3 is 2.56 bits per heavy atom. The number of halogens is 2. The second-order valence-corrected chi connectivity index (χ2v) is 8.95. The zero-order valence-corrected chi connectivity index (χ0v) is 16.7. The summed E-state index contributed by atoms with van der Waals surface area (Å²) in [5.41, 5.74) is 6.16. The van der Waals surface area contributed by atoms with E-state index >= 15 is 0 Å². The molecule has 0 fully saturated rings. The van der Waals surface area contributed by atoms with Crippen LogP contribution < -0.4 is 5.73 Å². The van der Waals surface area contributed by atoms with Crippen LogP contribution in [0.5, 0.6) is 0 Å². The first kappa shape index (κ1) is 20.4. The minimum absolute atomic E-state index is 0. The molecule has 98 valence electrons. The van der Waals surface area contributed by atoms with E-state index in [0.717, 1.165) is 0 Å². The van der Waals surface area contributed by atoms with Gasteiger partial charge in [0.15, 0.2) is 0 Å². The molecule has 0 amide bonds. The molecule has 2 atom stereocenters. The summed E-state index contributed by atoms with van der Waals surface area (Å²) in [5.74, 6) is 0. The largest absolute Gasteiger partial charge is 0.147 e. The molecule has 0 aliphatic rings. The predicted octanol–water partition coefficient (Wildman–Crippen LogP) is 4.19. The van der Waals surface area contributed by atoms with Crippen molar-refractivity contribution in [3.63, 3.8) is 0 Å². The Balaban J connectivity index is 0. The van der Waals surface area contributed by atoms with E-state index in [2.05, 4.69) is 35.1 Å². The van der Waals surface area contributed by atoms with Crippen LogP contribution in [0.1, 0.15) is 46.0 Å². The molecule has 0 aromatic heterocycles. The molecule has 2 radical (unpaired) electrons. The zero-order chi connectivity index (χ0) is 11.5. The maximum Gasteiger partial charge on any atom is -0.147 e. The number of hydrogen-bond acceptors (Lipinski definition) is 3. The number of rotatable bonds is 10. The summed E-state index contributed by atoms with van der Waals surface area (Å²) in [6.07, 6.45) is 6.19. The first-order valence-corrected chi connectivity index (χ1v) is 12.2. The Bertz CT molecular complexity index is 146. The third-order valence-electron chi connectivity index (χ3n) is 2.03. The van der Waals surface area contributed by atoms with Gasteiger partial charge >= 0.3 is 122 Å². The third kappa shape index (κ3) is 14.2. The Kier molecular flexibility index (Phi) is 19.3. The first-order valence-electron chi connectivity index (χ1n) is 5.62. The van der Waals surface area contributed by atoms with Crippen molar-refractivity contribution in [3.8, 4) is 0 Å². The minimum Gasteiger partial charge on any atom is -0.147 e. The molecule has 0 heterocycles. The maximum atomic E-state index is 5.93. The van der Waals surface area contributed by atoms with Gasteiger partial charge in [0.05, 0.1) is 0 Å². The van der Waals surface area contributed by atoms with Gasteiger partial charge in [0, 0.05) is 0 Å². The molecule has 2 N–H and O–H groups in total. The van der Waals surface area contributed by atoms with E-state index in [1.54, 1.807) is 0 Å². The summed E-state index contributed by atoms with van der Waals surface area (Å²) in [7, 11) is 1.83. The van der Waals surface area contributed by atoms with E-state index in [1.165, 1.54) is 36.5 Å². The summed E-state index contributed by atoms with van der Waals surface area (Å²) in [6, 6.07) is 0.369. The van der Waals surface area contributed by atoms with Gasteiger partial charge in [-0.05, 0) is 0 Å². The summed E-state index contributed by atoms with van der Waals surface area (Å²) in [6.45, 7) is 4.30. The van der Waals surface area contributed by atoms with Crippen LogP contribution in [0.2, 0.25) is 4.44 Å². The Labute approximate surface area is 133 Å². The Hall–Kier alpha value is 2.09. The first-order chi connectivity index (χ1) is 7.20. The van der Waals surface area contributed by atoms with Gasteiger partial charge in [0.1, 0.15) is 0 Å². The summed E-state index contributed by atoms with van der Waals surface area (Å²) < 4.78 is 7.27. The second kappa shape index (κ2) is 15.1. The van der Waals surface area contributed by atoms with Crippen molar-refractivity contribution >= 4 is 64.1 Å². The van der Waals surface area contributed by atoms with E-state index < -0.39 is 21.6 Å². The second-order valence-electron chi connectivity index (χ2n) is 3.79. The molecular formula is C10H23ClINOSSn. The number of nitrogens with two attached hydrogens (primary N) is 1. The molecule has 0 aliphatic heterocycles. The average molecular weight is 486 g/mol. The van der Waals surface area contributed by atoms with Gasteiger partial charge in [-0.1, -0.05) is 0 Å². The van der Waals surface area contributed by atoms with Gasteiger partial charge in [-0.3, -0.25) is 0 Å². The number of hydrogen-bond donors (Lipinski definition) is 1. The molecule has 0 aromatic rings. The van der Waals surface area contributed by atoms with Crippen molar-refractivity contribution < 1.29 is 3.07 Å². The van der Waals surface area contributed by atoms with Gasteiger partial charge in [0.25, 0.3) is 0 Å². The van der Waals surface area contributed by atoms with Crippen molar-refractivity contribution in [1.29, 1.82) is 0 Å². The predicted molar refractivity (Wildman–Crippen MR) is 86.7 cm³/mol. The Morgan fingerprint density at radius 1 is 1.38 bits per heavy atom. The van der Waals surface area contributed by atoms with Crippen molar-refractivity contribution in [1.82, 2.24) is 0 Å². The summed E-state index contributed by atoms with van der Waals surface area (Å²) in [4.78, 5) is 0. The van der Waals surface area contributed by atoms with Crippen molar-refractivity contribution in [2.75, 3.05) is 0 Å². The van der Waals surface area contributed by atoms with Crippen LogP contribution in [0.25, 0.3) is 0 Å². The molecular weight excluding hydrogens is 463 g/mol. The van der Waals surface area contributed by atoms with Crippen molar-refractivity contribution in [3.05, 3.63) is 0 Å². The Morgan fingerprint density at radius 2 is 2.06 bits per heavy atom. The molecule has 0 saturated carbocycles. The minimum atomic E-state index is -0.543. The van der Waals surface area contributed by atoms with Gasteiger partial charge in [0.2, 0.25) is 0 Å². The monoisotopic (exact) mass is 487 g/mol. The quantitative estimate of drug-likeness (QED) is 0.218. The zero-order valence-electron chi connectivity index (χ0n) is 10.1. The van der Waals surface area contributed by atoms with Crippen LogP contribution in [0.15, 0.2) is 0 Å². The van der Waals surface area contributed by atoms with Gasteiger partial charge in [-0.25, -0.2) is 0 Å². The fraction of sp³-hybridized carbons (Fsp3) is 1.00. The van der Waals surface area contributed by atoms with Crippen molar-refractivity contribution in [2.45, 2.75) is 61.9 Å². The van der Waals surface area contributed by atoms with Gasteiger partial charge < -0.3 is 0 Å². The van der Waals surface area contributed by atoms with E-state index in [0.29, 0.717) is 11.5 Å². The molecule has 6 heteroatoms. The van der Waals surface area contributed by atoms with E-state index in [9.17, 15) is 0 Å². The molecule has 2 nitrogen and oxygen atoms in total. The van der Waals surface area contributed by atoms with Crippen LogP contribution >= 0.6 is 42.5 Å². The smallest absolute Gasteiger partial charge is 0.147 e. The average Bonchev–Trinajstić information content (AvgIpc) is 2.21. The normalized spacial score (nSPS) is 14.2. The summed E-state index contributed by atoms with van der Waals surface area (Å²) >= 11 is 1.81.